The maximum absolute atomic E-state index is 13.4. The first kappa shape index (κ1) is 24.6. The largest absolute Gasteiger partial charge is 0.493 e. The molecule has 5 nitrogen and oxygen atoms in total. The Bertz CT molecular complexity index is 874. The van der Waals surface area contributed by atoms with Crippen LogP contribution in [0.3, 0.4) is 0 Å². The molecule has 7 rings (SSSR count). The molecule has 0 atom stereocenters. The number of carbonyl (C=O) groups is 1. The highest BCUT2D eigenvalue weighted by Gasteiger charge is 2.56. The summed E-state index contributed by atoms with van der Waals surface area (Å²) in [5.41, 5.74) is 1.63. The van der Waals surface area contributed by atoms with Crippen LogP contribution in [-0.2, 0) is 0 Å². The molecule has 4 aliphatic carbocycles. The van der Waals surface area contributed by atoms with Gasteiger partial charge >= 0.3 is 6.03 Å². The summed E-state index contributed by atoms with van der Waals surface area (Å²) in [6.45, 7) is 9.36. The van der Waals surface area contributed by atoms with Crippen molar-refractivity contribution in [3.05, 3.63) is 29.8 Å². The molecule has 5 heteroatoms. The minimum Gasteiger partial charge on any atom is -0.493 e. The van der Waals surface area contributed by atoms with E-state index < -0.39 is 0 Å². The van der Waals surface area contributed by atoms with Crippen LogP contribution in [0.15, 0.2) is 24.3 Å². The van der Waals surface area contributed by atoms with Crippen LogP contribution in [0, 0.1) is 17.8 Å². The molecule has 6 aliphatic rings. The number of likely N-dealkylation sites (tertiary alicyclic amines) is 1. The van der Waals surface area contributed by atoms with Gasteiger partial charge in [0.05, 0.1) is 6.61 Å². The second-order valence-electron chi connectivity index (χ2n) is 12.8. The zero-order chi connectivity index (χ0) is 24.5. The van der Waals surface area contributed by atoms with Gasteiger partial charge in [-0.25, -0.2) is 4.79 Å². The van der Waals surface area contributed by atoms with E-state index >= 15 is 0 Å². The minimum absolute atomic E-state index is 0.227. The van der Waals surface area contributed by atoms with Crippen molar-refractivity contribution in [2.45, 2.75) is 89.0 Å². The fourth-order valence-electron chi connectivity index (χ4n) is 8.89. The molecule has 0 aromatic heterocycles. The zero-order valence-corrected chi connectivity index (χ0v) is 22.5. The molecule has 0 spiro atoms. The Hall–Kier alpha value is -1.75. The maximum Gasteiger partial charge on any atom is 0.320 e. The molecular formula is C31H47N3O2. The Kier molecular flexibility index (Phi) is 7.20. The van der Waals surface area contributed by atoms with Crippen LogP contribution in [0.2, 0.25) is 0 Å². The molecule has 2 aliphatic heterocycles. The third kappa shape index (κ3) is 4.89. The van der Waals surface area contributed by atoms with Gasteiger partial charge in [-0.1, -0.05) is 25.1 Å². The first-order valence-electron chi connectivity index (χ1n) is 15.1. The molecule has 2 saturated heterocycles. The number of carbonyl (C=O) groups excluding carboxylic acids is 1. The van der Waals surface area contributed by atoms with Crippen LogP contribution in [0.1, 0.15) is 89.0 Å². The molecule has 1 aromatic carbocycles. The molecule has 2 heterocycles. The Morgan fingerprint density at radius 3 is 2.25 bits per heavy atom. The third-order valence-electron chi connectivity index (χ3n) is 10.2. The molecule has 0 unspecified atom stereocenters. The lowest BCUT2D eigenvalue weighted by molar-refractivity contribution is -0.0649. The summed E-state index contributed by atoms with van der Waals surface area (Å²) in [5.74, 6) is 4.42. The summed E-state index contributed by atoms with van der Waals surface area (Å²) in [5, 5.41) is 0. The fraction of sp³-hybridized carbons (Fsp3) is 0.774. The average molecular weight is 494 g/mol. The van der Waals surface area contributed by atoms with Crippen molar-refractivity contribution in [3.63, 3.8) is 0 Å². The predicted molar refractivity (Wildman–Crippen MR) is 144 cm³/mol. The van der Waals surface area contributed by atoms with Crippen molar-refractivity contribution < 1.29 is 9.53 Å². The van der Waals surface area contributed by atoms with E-state index in [4.69, 9.17) is 4.74 Å². The van der Waals surface area contributed by atoms with Gasteiger partial charge < -0.3 is 19.4 Å². The van der Waals surface area contributed by atoms with Crippen LogP contribution in [0.5, 0.6) is 5.75 Å². The number of hydrogen-bond donors (Lipinski definition) is 0. The van der Waals surface area contributed by atoms with E-state index in [1.807, 2.05) is 0 Å². The number of urea groups is 1. The number of benzene rings is 1. The highest BCUT2D eigenvalue weighted by molar-refractivity contribution is 5.77. The molecule has 6 fully saturated rings. The van der Waals surface area contributed by atoms with E-state index in [0.29, 0.717) is 11.9 Å². The normalized spacial score (nSPS) is 32.6. The Labute approximate surface area is 218 Å². The number of nitrogens with zero attached hydrogens (tertiary/aromatic N) is 3. The second-order valence-corrected chi connectivity index (χ2v) is 12.8. The number of hydrogen-bond acceptors (Lipinski definition) is 3. The summed E-state index contributed by atoms with van der Waals surface area (Å²) in [6.07, 6.45) is 14.0. The van der Waals surface area contributed by atoms with Crippen LogP contribution in [-0.4, -0.2) is 72.1 Å². The molecule has 2 amide bonds. The second kappa shape index (κ2) is 10.6. The molecule has 0 radical (unpaired) electrons. The maximum atomic E-state index is 13.4. The Morgan fingerprint density at radius 1 is 0.889 bits per heavy atom. The fourth-order valence-corrected chi connectivity index (χ4v) is 8.89. The first-order valence-corrected chi connectivity index (χ1v) is 15.1. The minimum atomic E-state index is 0.227. The van der Waals surface area contributed by atoms with Crippen LogP contribution in [0.25, 0.3) is 0 Å². The van der Waals surface area contributed by atoms with E-state index in [1.165, 1.54) is 83.0 Å². The van der Waals surface area contributed by atoms with E-state index in [1.54, 1.807) is 0 Å². The lowest BCUT2D eigenvalue weighted by Crippen LogP contribution is -2.60. The van der Waals surface area contributed by atoms with Crippen LogP contribution < -0.4 is 4.74 Å². The summed E-state index contributed by atoms with van der Waals surface area (Å²) in [4.78, 5) is 20.6. The Morgan fingerprint density at radius 2 is 1.56 bits per heavy atom. The van der Waals surface area contributed by atoms with Crippen LogP contribution in [0.4, 0.5) is 4.79 Å². The van der Waals surface area contributed by atoms with Crippen molar-refractivity contribution in [1.82, 2.24) is 14.7 Å². The van der Waals surface area contributed by atoms with E-state index in [0.717, 1.165) is 62.6 Å². The van der Waals surface area contributed by atoms with E-state index in [-0.39, 0.29) is 5.54 Å². The lowest BCUT2D eigenvalue weighted by Gasteiger charge is -2.59. The number of rotatable bonds is 10. The van der Waals surface area contributed by atoms with Gasteiger partial charge in [0.15, 0.2) is 0 Å². The SMILES string of the molecule is CCCOc1ccccc1C1CCN(CCCCN2CCN(C34CC5CC(CC(C5)C3)C4)C2=O)CC1. The van der Waals surface area contributed by atoms with Gasteiger partial charge in [0.2, 0.25) is 0 Å². The van der Waals surface area contributed by atoms with E-state index in [9.17, 15) is 4.79 Å². The molecule has 4 bridgehead atoms. The van der Waals surface area contributed by atoms with E-state index in [2.05, 4.69) is 45.9 Å². The zero-order valence-electron chi connectivity index (χ0n) is 22.5. The average Bonchev–Trinajstić information content (AvgIpc) is 3.26. The van der Waals surface area contributed by atoms with Crippen molar-refractivity contribution in [1.29, 1.82) is 0 Å². The van der Waals surface area contributed by atoms with Gasteiger partial charge in [0, 0.05) is 25.2 Å². The third-order valence-corrected chi connectivity index (χ3v) is 10.2. The molecule has 198 valence electrons. The summed E-state index contributed by atoms with van der Waals surface area (Å²) >= 11 is 0. The monoisotopic (exact) mass is 493 g/mol. The van der Waals surface area contributed by atoms with Gasteiger partial charge in [-0.05, 0) is 126 Å². The molecule has 36 heavy (non-hydrogen) atoms. The molecule has 1 aromatic rings. The topological polar surface area (TPSA) is 36.0 Å². The van der Waals surface area contributed by atoms with Gasteiger partial charge in [-0.3, -0.25) is 0 Å². The lowest BCUT2D eigenvalue weighted by atomic mass is 9.52. The summed E-state index contributed by atoms with van der Waals surface area (Å²) in [7, 11) is 0. The van der Waals surface area contributed by atoms with Crippen molar-refractivity contribution >= 4 is 6.03 Å². The molecule has 4 saturated carbocycles. The quantitative estimate of drug-likeness (QED) is 0.367. The smallest absolute Gasteiger partial charge is 0.320 e. The highest BCUT2D eigenvalue weighted by atomic mass is 16.5. The summed E-state index contributed by atoms with van der Waals surface area (Å²) in [6, 6.07) is 9.02. The standard InChI is InChI=1S/C31H47N3O2/c1-2-17-36-29-8-4-3-7-28(29)27-9-13-32(14-10-27)11-5-6-12-33-15-16-34(30(33)35)31-21-24-18-25(22-31)20-26(19-24)23-31/h3-4,7-8,24-27H,2,5-6,9-23H2,1H3. The van der Waals surface area contributed by atoms with Crippen molar-refractivity contribution in [2.75, 3.05) is 45.9 Å². The number of piperidine rings is 1. The number of unbranched alkanes of at least 4 members (excludes halogenated alkanes) is 1. The molecule has 0 N–H and O–H groups in total. The van der Waals surface area contributed by atoms with Crippen molar-refractivity contribution in [2.24, 2.45) is 17.8 Å². The first-order chi connectivity index (χ1) is 17.6. The van der Waals surface area contributed by atoms with Gasteiger partial charge in [0.1, 0.15) is 5.75 Å². The number of para-hydroxylation sites is 1. The molecular weight excluding hydrogens is 446 g/mol. The summed E-state index contributed by atoms with van der Waals surface area (Å²) < 4.78 is 6.03. The Balaban J connectivity index is 0.929. The predicted octanol–water partition coefficient (Wildman–Crippen LogP) is 6.14. The van der Waals surface area contributed by atoms with Crippen LogP contribution >= 0.6 is 0 Å². The van der Waals surface area contributed by atoms with Crippen molar-refractivity contribution in [3.8, 4) is 5.75 Å². The number of ether oxygens (including phenoxy) is 1. The number of amides is 2. The van der Waals surface area contributed by atoms with Gasteiger partial charge in [-0.15, -0.1) is 0 Å². The van der Waals surface area contributed by atoms with Gasteiger partial charge in [-0.2, -0.15) is 0 Å². The van der Waals surface area contributed by atoms with Gasteiger partial charge in [0.25, 0.3) is 0 Å². The highest BCUT2D eigenvalue weighted by Crippen LogP contribution is 2.58.